The molecule has 2 aliphatic rings. The molecule has 0 spiro atoms. The summed E-state index contributed by atoms with van der Waals surface area (Å²) in [5.41, 5.74) is 0. The van der Waals surface area contributed by atoms with E-state index in [1.165, 1.54) is 0 Å². The van der Waals surface area contributed by atoms with Crippen molar-refractivity contribution < 1.29 is 9.90 Å². The topological polar surface area (TPSA) is 49.3 Å². The Morgan fingerprint density at radius 2 is 1.79 bits per heavy atom. The summed E-state index contributed by atoms with van der Waals surface area (Å²) in [5.74, 6) is 1.17. The number of rotatable bonds is 3. The van der Waals surface area contributed by atoms with E-state index < -0.39 is 0 Å². The van der Waals surface area contributed by atoms with Gasteiger partial charge in [-0.3, -0.25) is 4.79 Å². The number of hydrogen-bond donors (Lipinski definition) is 2. The molecule has 1 amide bonds. The first-order chi connectivity index (χ1) is 6.75. The highest BCUT2D eigenvalue weighted by Gasteiger charge is 2.30. The van der Waals surface area contributed by atoms with Crippen LogP contribution in [0.5, 0.6) is 0 Å². The molecule has 0 heterocycles. The smallest absolute Gasteiger partial charge is 0.223 e. The average molecular weight is 197 g/mol. The summed E-state index contributed by atoms with van der Waals surface area (Å²) < 4.78 is 0. The minimum atomic E-state index is -0.0922. The van der Waals surface area contributed by atoms with Crippen molar-refractivity contribution in [2.75, 3.05) is 6.54 Å². The van der Waals surface area contributed by atoms with Crippen LogP contribution in [0.25, 0.3) is 0 Å². The standard InChI is InChI=1S/C11H19NO2/c13-10-5-1-8(2-6-10)7-12-11(14)9-3-4-9/h8-10,13H,1-7H2,(H,12,14). The van der Waals surface area contributed by atoms with E-state index in [0.29, 0.717) is 11.8 Å². The Balaban J connectivity index is 1.62. The minimum Gasteiger partial charge on any atom is -0.393 e. The van der Waals surface area contributed by atoms with E-state index in [9.17, 15) is 9.90 Å². The minimum absolute atomic E-state index is 0.0922. The normalized spacial score (nSPS) is 32.6. The van der Waals surface area contributed by atoms with E-state index >= 15 is 0 Å². The lowest BCUT2D eigenvalue weighted by atomic mass is 9.87. The van der Waals surface area contributed by atoms with Crippen LogP contribution in [-0.2, 0) is 4.79 Å². The van der Waals surface area contributed by atoms with Crippen molar-refractivity contribution in [2.45, 2.75) is 44.6 Å². The summed E-state index contributed by atoms with van der Waals surface area (Å²) >= 11 is 0. The molecule has 0 saturated heterocycles. The summed E-state index contributed by atoms with van der Waals surface area (Å²) in [4.78, 5) is 11.4. The quantitative estimate of drug-likeness (QED) is 0.711. The predicted octanol–water partition coefficient (Wildman–Crippen LogP) is 1.06. The molecule has 0 bridgehead atoms. The Morgan fingerprint density at radius 3 is 2.36 bits per heavy atom. The number of amides is 1. The molecule has 3 heteroatoms. The number of nitrogens with one attached hydrogen (secondary N) is 1. The third-order valence-electron chi connectivity index (χ3n) is 3.33. The second kappa shape index (κ2) is 4.30. The van der Waals surface area contributed by atoms with Crippen LogP contribution in [0.1, 0.15) is 38.5 Å². The van der Waals surface area contributed by atoms with Gasteiger partial charge in [-0.05, 0) is 44.4 Å². The Hall–Kier alpha value is -0.570. The third kappa shape index (κ3) is 2.71. The Kier molecular flexibility index (Phi) is 3.06. The van der Waals surface area contributed by atoms with Crippen molar-refractivity contribution in [3.63, 3.8) is 0 Å². The molecule has 2 saturated carbocycles. The van der Waals surface area contributed by atoms with E-state index in [1.807, 2.05) is 0 Å². The van der Waals surface area contributed by atoms with E-state index in [-0.39, 0.29) is 12.0 Å². The molecule has 14 heavy (non-hydrogen) atoms. The molecule has 2 fully saturated rings. The number of carbonyl (C=O) groups excluding carboxylic acids is 1. The molecule has 0 aromatic carbocycles. The lowest BCUT2D eigenvalue weighted by Gasteiger charge is -2.25. The Morgan fingerprint density at radius 1 is 1.14 bits per heavy atom. The summed E-state index contributed by atoms with van der Waals surface area (Å²) in [5, 5.41) is 12.3. The first-order valence-electron chi connectivity index (χ1n) is 5.71. The van der Waals surface area contributed by atoms with E-state index in [2.05, 4.69) is 5.32 Å². The third-order valence-corrected chi connectivity index (χ3v) is 3.33. The Bertz CT molecular complexity index is 205. The van der Waals surface area contributed by atoms with E-state index in [0.717, 1.165) is 45.1 Å². The van der Waals surface area contributed by atoms with Gasteiger partial charge in [-0.1, -0.05) is 0 Å². The second-order valence-corrected chi connectivity index (χ2v) is 4.69. The van der Waals surface area contributed by atoms with Crippen molar-refractivity contribution in [3.05, 3.63) is 0 Å². The number of hydrogen-bond acceptors (Lipinski definition) is 2. The molecule has 0 radical (unpaired) electrons. The molecule has 0 aliphatic heterocycles. The highest BCUT2D eigenvalue weighted by atomic mass is 16.3. The number of carbonyl (C=O) groups is 1. The van der Waals surface area contributed by atoms with Gasteiger partial charge in [0, 0.05) is 12.5 Å². The maximum absolute atomic E-state index is 11.4. The summed E-state index contributed by atoms with van der Waals surface area (Å²) in [7, 11) is 0. The zero-order chi connectivity index (χ0) is 9.97. The average Bonchev–Trinajstić information content (AvgIpc) is 3.00. The highest BCUT2D eigenvalue weighted by Crippen LogP contribution is 2.29. The van der Waals surface area contributed by atoms with E-state index in [1.54, 1.807) is 0 Å². The zero-order valence-electron chi connectivity index (χ0n) is 8.54. The molecule has 0 aromatic heterocycles. The summed E-state index contributed by atoms with van der Waals surface area (Å²) in [6.07, 6.45) is 6.00. The first-order valence-corrected chi connectivity index (χ1v) is 5.71. The van der Waals surface area contributed by atoms with Crippen LogP contribution < -0.4 is 5.32 Å². The molecule has 80 valence electrons. The monoisotopic (exact) mass is 197 g/mol. The van der Waals surface area contributed by atoms with Gasteiger partial charge in [0.05, 0.1) is 6.10 Å². The fourth-order valence-electron chi connectivity index (χ4n) is 2.08. The molecule has 3 nitrogen and oxygen atoms in total. The van der Waals surface area contributed by atoms with Crippen LogP contribution in [0.4, 0.5) is 0 Å². The van der Waals surface area contributed by atoms with E-state index in [4.69, 9.17) is 0 Å². The SMILES string of the molecule is O=C(NCC1CCC(O)CC1)C1CC1. The summed E-state index contributed by atoms with van der Waals surface area (Å²) in [6.45, 7) is 0.821. The van der Waals surface area contributed by atoms with Crippen LogP contribution in [0.2, 0.25) is 0 Å². The van der Waals surface area contributed by atoms with Crippen LogP contribution in [0.15, 0.2) is 0 Å². The van der Waals surface area contributed by atoms with Gasteiger partial charge >= 0.3 is 0 Å². The molecule has 0 aromatic rings. The van der Waals surface area contributed by atoms with Crippen LogP contribution in [0, 0.1) is 11.8 Å². The van der Waals surface area contributed by atoms with Crippen LogP contribution >= 0.6 is 0 Å². The largest absolute Gasteiger partial charge is 0.393 e. The zero-order valence-corrected chi connectivity index (χ0v) is 8.54. The van der Waals surface area contributed by atoms with Crippen LogP contribution in [-0.4, -0.2) is 23.7 Å². The van der Waals surface area contributed by atoms with Gasteiger partial charge in [0.1, 0.15) is 0 Å². The van der Waals surface area contributed by atoms with Gasteiger partial charge in [-0.15, -0.1) is 0 Å². The first kappa shape index (κ1) is 9.97. The lowest BCUT2D eigenvalue weighted by Crippen LogP contribution is -2.32. The van der Waals surface area contributed by atoms with Gasteiger partial charge in [0.2, 0.25) is 5.91 Å². The maximum atomic E-state index is 11.4. The molecular weight excluding hydrogens is 178 g/mol. The molecule has 2 aliphatic carbocycles. The number of aliphatic hydroxyl groups is 1. The van der Waals surface area contributed by atoms with Gasteiger partial charge < -0.3 is 10.4 Å². The van der Waals surface area contributed by atoms with Gasteiger partial charge in [-0.25, -0.2) is 0 Å². The second-order valence-electron chi connectivity index (χ2n) is 4.69. The molecule has 0 unspecified atom stereocenters. The molecule has 0 atom stereocenters. The van der Waals surface area contributed by atoms with Crippen molar-refractivity contribution in [1.29, 1.82) is 0 Å². The highest BCUT2D eigenvalue weighted by molar-refractivity contribution is 5.80. The van der Waals surface area contributed by atoms with Crippen molar-refractivity contribution in [2.24, 2.45) is 11.8 Å². The van der Waals surface area contributed by atoms with Gasteiger partial charge in [0.25, 0.3) is 0 Å². The van der Waals surface area contributed by atoms with Crippen molar-refractivity contribution >= 4 is 5.91 Å². The molecular formula is C11H19NO2. The van der Waals surface area contributed by atoms with Gasteiger partial charge in [-0.2, -0.15) is 0 Å². The van der Waals surface area contributed by atoms with Gasteiger partial charge in [0.15, 0.2) is 0 Å². The fourth-order valence-corrected chi connectivity index (χ4v) is 2.08. The van der Waals surface area contributed by atoms with Crippen LogP contribution in [0.3, 0.4) is 0 Å². The number of aliphatic hydroxyl groups excluding tert-OH is 1. The predicted molar refractivity (Wildman–Crippen MR) is 53.7 cm³/mol. The maximum Gasteiger partial charge on any atom is 0.223 e. The van der Waals surface area contributed by atoms with Crippen molar-refractivity contribution in [3.8, 4) is 0 Å². The Labute approximate surface area is 84.9 Å². The fraction of sp³-hybridized carbons (Fsp3) is 0.909. The molecule has 2 rings (SSSR count). The molecule has 2 N–H and O–H groups in total. The lowest BCUT2D eigenvalue weighted by molar-refractivity contribution is -0.122. The summed E-state index contributed by atoms with van der Waals surface area (Å²) in [6, 6.07) is 0. The van der Waals surface area contributed by atoms with Crippen molar-refractivity contribution in [1.82, 2.24) is 5.32 Å².